The van der Waals surface area contributed by atoms with E-state index in [1.807, 2.05) is 0 Å². The van der Waals surface area contributed by atoms with E-state index in [2.05, 4.69) is 10.4 Å². The molecule has 6 heteroatoms. The lowest BCUT2D eigenvalue weighted by Crippen LogP contribution is -2.35. The van der Waals surface area contributed by atoms with Crippen molar-refractivity contribution in [2.24, 2.45) is 0 Å². The van der Waals surface area contributed by atoms with Crippen molar-refractivity contribution < 1.29 is 9.53 Å². The van der Waals surface area contributed by atoms with Crippen LogP contribution in [0.3, 0.4) is 0 Å². The van der Waals surface area contributed by atoms with Gasteiger partial charge < -0.3 is 4.74 Å². The van der Waals surface area contributed by atoms with Gasteiger partial charge in [-0.1, -0.05) is 12.1 Å². The average Bonchev–Trinajstić information content (AvgIpc) is 2.35. The standard InChI is InChI=1S/C12H13N3O3/c1-3-18-12(17)14-15-8(2)13-10-7-5-4-6-9(10)11(15)16/h4-7H,3H2,1-2H3,(H,14,17). The molecule has 0 aliphatic carbocycles. The fraction of sp³-hybridized carbons (Fsp3) is 0.250. The second kappa shape index (κ2) is 4.87. The number of aryl methyl sites for hydroxylation is 1. The summed E-state index contributed by atoms with van der Waals surface area (Å²) in [5.74, 6) is 0.395. The molecule has 1 heterocycles. The van der Waals surface area contributed by atoms with Crippen molar-refractivity contribution in [2.75, 3.05) is 12.0 Å². The topological polar surface area (TPSA) is 73.2 Å². The van der Waals surface area contributed by atoms with Crippen LogP contribution < -0.4 is 11.0 Å². The number of fused-ring (bicyclic) bond motifs is 1. The van der Waals surface area contributed by atoms with E-state index in [9.17, 15) is 9.59 Å². The van der Waals surface area contributed by atoms with E-state index in [4.69, 9.17) is 4.74 Å². The van der Waals surface area contributed by atoms with Gasteiger partial charge >= 0.3 is 6.09 Å². The van der Waals surface area contributed by atoms with Crippen LogP contribution in [0.1, 0.15) is 12.7 Å². The number of benzene rings is 1. The Bertz CT molecular complexity index is 649. The Kier molecular flexibility index (Phi) is 3.27. The average molecular weight is 247 g/mol. The third-order valence-electron chi connectivity index (χ3n) is 2.42. The van der Waals surface area contributed by atoms with E-state index in [1.54, 1.807) is 38.1 Å². The summed E-state index contributed by atoms with van der Waals surface area (Å²) >= 11 is 0. The van der Waals surface area contributed by atoms with E-state index in [1.165, 1.54) is 0 Å². The largest absolute Gasteiger partial charge is 0.449 e. The summed E-state index contributed by atoms with van der Waals surface area (Å²) in [6.45, 7) is 3.56. The molecule has 0 aliphatic heterocycles. The Morgan fingerprint density at radius 2 is 2.17 bits per heavy atom. The first-order valence-corrected chi connectivity index (χ1v) is 5.55. The zero-order valence-corrected chi connectivity index (χ0v) is 10.1. The quantitative estimate of drug-likeness (QED) is 0.870. The molecule has 6 nitrogen and oxygen atoms in total. The van der Waals surface area contributed by atoms with Crippen LogP contribution in [-0.4, -0.2) is 22.4 Å². The van der Waals surface area contributed by atoms with Gasteiger partial charge in [-0.2, -0.15) is 4.68 Å². The first-order valence-electron chi connectivity index (χ1n) is 5.55. The Hall–Kier alpha value is -2.37. The number of amides is 1. The van der Waals surface area contributed by atoms with Gasteiger partial charge in [-0.3, -0.25) is 4.79 Å². The number of hydrogen-bond acceptors (Lipinski definition) is 4. The van der Waals surface area contributed by atoms with Crippen LogP contribution in [0, 0.1) is 6.92 Å². The molecule has 1 aromatic heterocycles. The molecule has 1 N–H and O–H groups in total. The van der Waals surface area contributed by atoms with Crippen molar-refractivity contribution in [2.45, 2.75) is 13.8 Å². The van der Waals surface area contributed by atoms with Gasteiger partial charge in [0.05, 0.1) is 17.5 Å². The molecule has 0 spiro atoms. The summed E-state index contributed by atoms with van der Waals surface area (Å²) in [7, 11) is 0. The molecule has 0 radical (unpaired) electrons. The van der Waals surface area contributed by atoms with Gasteiger partial charge in [0.25, 0.3) is 5.56 Å². The van der Waals surface area contributed by atoms with Crippen LogP contribution in [0.25, 0.3) is 10.9 Å². The van der Waals surface area contributed by atoms with Gasteiger partial charge in [-0.05, 0) is 26.0 Å². The highest BCUT2D eigenvalue weighted by molar-refractivity contribution is 5.79. The molecule has 0 saturated carbocycles. The fourth-order valence-electron chi connectivity index (χ4n) is 1.63. The third kappa shape index (κ3) is 2.17. The highest BCUT2D eigenvalue weighted by Gasteiger charge is 2.10. The summed E-state index contributed by atoms with van der Waals surface area (Å²) < 4.78 is 5.81. The number of carbonyl (C=O) groups is 1. The Morgan fingerprint density at radius 1 is 1.44 bits per heavy atom. The van der Waals surface area contributed by atoms with E-state index >= 15 is 0 Å². The van der Waals surface area contributed by atoms with Gasteiger partial charge in [0.1, 0.15) is 5.82 Å². The minimum Gasteiger partial charge on any atom is -0.449 e. The van der Waals surface area contributed by atoms with Crippen molar-refractivity contribution in [1.29, 1.82) is 0 Å². The Morgan fingerprint density at radius 3 is 2.89 bits per heavy atom. The molecule has 1 amide bonds. The predicted molar refractivity (Wildman–Crippen MR) is 67.1 cm³/mol. The zero-order chi connectivity index (χ0) is 13.1. The minimum absolute atomic E-state index is 0.237. The van der Waals surface area contributed by atoms with Crippen LogP contribution >= 0.6 is 0 Å². The van der Waals surface area contributed by atoms with Crippen molar-refractivity contribution in [3.05, 3.63) is 40.4 Å². The maximum atomic E-state index is 12.1. The lowest BCUT2D eigenvalue weighted by molar-refractivity contribution is 0.164. The SMILES string of the molecule is CCOC(=O)Nn1c(C)nc2ccccc2c1=O. The second-order valence-electron chi connectivity index (χ2n) is 3.65. The summed E-state index contributed by atoms with van der Waals surface area (Å²) in [4.78, 5) is 27.7. The zero-order valence-electron chi connectivity index (χ0n) is 10.1. The molecule has 0 fully saturated rings. The van der Waals surface area contributed by atoms with Crippen LogP contribution in [0.5, 0.6) is 0 Å². The van der Waals surface area contributed by atoms with Gasteiger partial charge in [-0.25, -0.2) is 15.2 Å². The number of para-hydroxylation sites is 1. The Labute approximate surface area is 103 Å². The number of nitrogens with one attached hydrogen (secondary N) is 1. The highest BCUT2D eigenvalue weighted by Crippen LogP contribution is 2.06. The van der Waals surface area contributed by atoms with Crippen LogP contribution in [-0.2, 0) is 4.74 Å². The smallest absolute Gasteiger partial charge is 0.426 e. The van der Waals surface area contributed by atoms with E-state index in [-0.39, 0.29) is 12.2 Å². The molecule has 1 aromatic carbocycles. The molecule has 0 saturated heterocycles. The van der Waals surface area contributed by atoms with E-state index in [0.29, 0.717) is 16.7 Å². The molecular weight excluding hydrogens is 234 g/mol. The molecule has 2 rings (SSSR count). The first-order chi connectivity index (χ1) is 8.63. The summed E-state index contributed by atoms with van der Waals surface area (Å²) in [5.41, 5.74) is 2.62. The normalized spacial score (nSPS) is 10.3. The molecule has 0 atom stereocenters. The number of nitrogens with zero attached hydrogens (tertiary/aromatic N) is 2. The predicted octanol–water partition coefficient (Wildman–Crippen LogP) is 1.40. The van der Waals surface area contributed by atoms with Crippen LogP contribution in [0.15, 0.2) is 29.1 Å². The second-order valence-corrected chi connectivity index (χ2v) is 3.65. The van der Waals surface area contributed by atoms with Crippen molar-refractivity contribution in [3.63, 3.8) is 0 Å². The molecular formula is C12H13N3O3. The van der Waals surface area contributed by atoms with Crippen molar-refractivity contribution >= 4 is 17.0 Å². The molecule has 18 heavy (non-hydrogen) atoms. The Balaban J connectivity index is 2.51. The number of aromatic nitrogens is 2. The van der Waals surface area contributed by atoms with Crippen molar-refractivity contribution in [1.82, 2.24) is 9.66 Å². The highest BCUT2D eigenvalue weighted by atomic mass is 16.6. The van der Waals surface area contributed by atoms with Gasteiger partial charge in [0.15, 0.2) is 0 Å². The summed E-state index contributed by atoms with van der Waals surface area (Å²) in [6, 6.07) is 6.96. The third-order valence-corrected chi connectivity index (χ3v) is 2.42. The lowest BCUT2D eigenvalue weighted by atomic mass is 10.2. The van der Waals surface area contributed by atoms with Crippen LogP contribution in [0.4, 0.5) is 4.79 Å². The number of ether oxygens (including phenoxy) is 1. The number of carbonyl (C=O) groups excluding carboxylic acids is 1. The number of rotatable bonds is 2. The van der Waals surface area contributed by atoms with E-state index < -0.39 is 6.09 Å². The van der Waals surface area contributed by atoms with E-state index in [0.717, 1.165) is 4.68 Å². The molecule has 2 aromatic rings. The summed E-state index contributed by atoms with van der Waals surface area (Å²) in [5, 5.41) is 0.444. The molecule has 94 valence electrons. The maximum absolute atomic E-state index is 12.1. The first kappa shape index (κ1) is 12.1. The van der Waals surface area contributed by atoms with Gasteiger partial charge in [0.2, 0.25) is 0 Å². The fourth-order valence-corrected chi connectivity index (χ4v) is 1.63. The summed E-state index contributed by atoms with van der Waals surface area (Å²) in [6.07, 6.45) is -0.681. The molecule has 0 unspecified atom stereocenters. The maximum Gasteiger partial charge on any atom is 0.426 e. The van der Waals surface area contributed by atoms with Crippen molar-refractivity contribution in [3.8, 4) is 0 Å². The number of hydrogen-bond donors (Lipinski definition) is 1. The van der Waals surface area contributed by atoms with Gasteiger partial charge in [-0.15, -0.1) is 0 Å². The van der Waals surface area contributed by atoms with Gasteiger partial charge in [0, 0.05) is 0 Å². The minimum atomic E-state index is -0.681. The molecule has 0 bridgehead atoms. The van der Waals surface area contributed by atoms with Crippen LogP contribution in [0.2, 0.25) is 0 Å². The lowest BCUT2D eigenvalue weighted by Gasteiger charge is -2.11. The molecule has 0 aliphatic rings. The monoisotopic (exact) mass is 247 g/mol.